The molecule has 0 aliphatic rings. The quantitative estimate of drug-likeness (QED) is 0.587. The van der Waals surface area contributed by atoms with Gasteiger partial charge < -0.3 is 9.47 Å². The maximum Gasteiger partial charge on any atom is 0.0521 e. The third-order valence-electron chi connectivity index (χ3n) is 3.87. The minimum atomic E-state index is 0.394. The summed E-state index contributed by atoms with van der Waals surface area (Å²) in [4.78, 5) is 0. The first-order valence-corrected chi connectivity index (χ1v) is 6.27. The van der Waals surface area contributed by atoms with Crippen LogP contribution in [0.2, 0.25) is 0 Å². The molecule has 15 heavy (non-hydrogen) atoms. The lowest BCUT2D eigenvalue weighted by atomic mass is 9.70. The SMILES string of the molecule is CCOCC(COC)C(CC)(CC)CC. The molecule has 0 aromatic rings. The largest absolute Gasteiger partial charge is 0.384 e. The zero-order chi connectivity index (χ0) is 11.7. The van der Waals surface area contributed by atoms with Crippen molar-refractivity contribution < 1.29 is 9.47 Å². The summed E-state index contributed by atoms with van der Waals surface area (Å²) in [7, 11) is 1.78. The van der Waals surface area contributed by atoms with Gasteiger partial charge >= 0.3 is 0 Å². The smallest absolute Gasteiger partial charge is 0.0521 e. The molecule has 0 aromatic heterocycles. The van der Waals surface area contributed by atoms with Crippen molar-refractivity contribution in [1.82, 2.24) is 0 Å². The molecule has 0 bridgehead atoms. The van der Waals surface area contributed by atoms with Crippen LogP contribution in [0.25, 0.3) is 0 Å². The lowest BCUT2D eigenvalue weighted by Gasteiger charge is -2.38. The standard InChI is InChI=1S/C13H28O2/c1-6-13(7-2,8-3)12(10-14-5)11-15-9-4/h12H,6-11H2,1-5H3. The van der Waals surface area contributed by atoms with Gasteiger partial charge in [-0.2, -0.15) is 0 Å². The molecule has 1 atom stereocenters. The maximum absolute atomic E-state index is 5.58. The first-order chi connectivity index (χ1) is 7.20. The summed E-state index contributed by atoms with van der Waals surface area (Å²) < 4.78 is 10.9. The summed E-state index contributed by atoms with van der Waals surface area (Å²) in [5.74, 6) is 0.530. The van der Waals surface area contributed by atoms with Gasteiger partial charge in [0.1, 0.15) is 0 Å². The van der Waals surface area contributed by atoms with Gasteiger partial charge in [-0.25, -0.2) is 0 Å². The van der Waals surface area contributed by atoms with Crippen LogP contribution in [0.5, 0.6) is 0 Å². The second kappa shape index (κ2) is 8.12. The lowest BCUT2D eigenvalue weighted by molar-refractivity contribution is -0.0138. The van der Waals surface area contributed by atoms with Crippen LogP contribution < -0.4 is 0 Å². The van der Waals surface area contributed by atoms with Gasteiger partial charge in [0.2, 0.25) is 0 Å². The summed E-state index contributed by atoms with van der Waals surface area (Å²) in [6.07, 6.45) is 3.63. The highest BCUT2D eigenvalue weighted by Crippen LogP contribution is 2.39. The van der Waals surface area contributed by atoms with Crippen LogP contribution in [0.1, 0.15) is 47.0 Å². The monoisotopic (exact) mass is 216 g/mol. The van der Waals surface area contributed by atoms with Crippen LogP contribution in [0.3, 0.4) is 0 Å². The van der Waals surface area contributed by atoms with E-state index in [1.54, 1.807) is 7.11 Å². The summed E-state index contributed by atoms with van der Waals surface area (Å²) >= 11 is 0. The van der Waals surface area contributed by atoms with Crippen LogP contribution in [-0.2, 0) is 9.47 Å². The van der Waals surface area contributed by atoms with Crippen molar-refractivity contribution in [3.05, 3.63) is 0 Å². The Morgan fingerprint density at radius 3 is 1.80 bits per heavy atom. The summed E-state index contributed by atoms with van der Waals surface area (Å²) in [5, 5.41) is 0. The van der Waals surface area contributed by atoms with Crippen molar-refractivity contribution in [3.63, 3.8) is 0 Å². The molecule has 0 radical (unpaired) electrons. The van der Waals surface area contributed by atoms with Gasteiger partial charge in [0.25, 0.3) is 0 Å². The Labute approximate surface area is 95.3 Å². The molecule has 0 N–H and O–H groups in total. The Balaban J connectivity index is 4.50. The molecule has 0 aliphatic heterocycles. The molecule has 2 nitrogen and oxygen atoms in total. The lowest BCUT2D eigenvalue weighted by Crippen LogP contribution is -2.35. The average Bonchev–Trinajstić information content (AvgIpc) is 2.28. The predicted molar refractivity (Wildman–Crippen MR) is 65.2 cm³/mol. The molecule has 0 amide bonds. The molecule has 0 saturated heterocycles. The van der Waals surface area contributed by atoms with Crippen molar-refractivity contribution in [3.8, 4) is 0 Å². The molecule has 2 heteroatoms. The molecule has 1 unspecified atom stereocenters. The normalized spacial score (nSPS) is 14.2. The highest BCUT2D eigenvalue weighted by Gasteiger charge is 2.33. The molecule has 0 spiro atoms. The van der Waals surface area contributed by atoms with Gasteiger partial charge in [-0.3, -0.25) is 0 Å². The molecule has 0 aromatic carbocycles. The second-order valence-corrected chi connectivity index (χ2v) is 4.23. The van der Waals surface area contributed by atoms with Crippen molar-refractivity contribution in [2.45, 2.75) is 47.0 Å². The van der Waals surface area contributed by atoms with Crippen LogP contribution in [0, 0.1) is 11.3 Å². The highest BCUT2D eigenvalue weighted by molar-refractivity contribution is 4.83. The predicted octanol–water partition coefficient (Wildman–Crippen LogP) is 3.50. The van der Waals surface area contributed by atoms with E-state index in [1.165, 1.54) is 19.3 Å². The van der Waals surface area contributed by atoms with E-state index in [2.05, 4.69) is 27.7 Å². The molecule has 0 saturated carbocycles. The van der Waals surface area contributed by atoms with E-state index in [0.717, 1.165) is 19.8 Å². The Bertz CT molecular complexity index is 133. The third-order valence-corrected chi connectivity index (χ3v) is 3.87. The van der Waals surface area contributed by atoms with Crippen LogP contribution >= 0.6 is 0 Å². The number of methoxy groups -OCH3 is 1. The van der Waals surface area contributed by atoms with Gasteiger partial charge in [-0.1, -0.05) is 40.0 Å². The van der Waals surface area contributed by atoms with Gasteiger partial charge in [-0.15, -0.1) is 0 Å². The van der Waals surface area contributed by atoms with Crippen molar-refractivity contribution >= 4 is 0 Å². The average molecular weight is 216 g/mol. The highest BCUT2D eigenvalue weighted by atomic mass is 16.5. The molecule has 0 aliphatic carbocycles. The molecule has 92 valence electrons. The molecular weight excluding hydrogens is 188 g/mol. The first-order valence-electron chi connectivity index (χ1n) is 6.27. The Kier molecular flexibility index (Phi) is 8.07. The van der Waals surface area contributed by atoms with E-state index >= 15 is 0 Å². The Morgan fingerprint density at radius 2 is 1.47 bits per heavy atom. The van der Waals surface area contributed by atoms with E-state index in [9.17, 15) is 0 Å². The van der Waals surface area contributed by atoms with Crippen LogP contribution in [0.4, 0.5) is 0 Å². The minimum absolute atomic E-state index is 0.394. The van der Waals surface area contributed by atoms with Crippen molar-refractivity contribution in [1.29, 1.82) is 0 Å². The summed E-state index contributed by atoms with van der Waals surface area (Å²) in [5.41, 5.74) is 0.394. The maximum atomic E-state index is 5.58. The number of hydrogen-bond acceptors (Lipinski definition) is 2. The van der Waals surface area contributed by atoms with Crippen molar-refractivity contribution in [2.24, 2.45) is 11.3 Å². The van der Waals surface area contributed by atoms with Gasteiger partial charge in [0, 0.05) is 19.6 Å². The van der Waals surface area contributed by atoms with E-state index in [-0.39, 0.29) is 0 Å². The number of ether oxygens (including phenoxy) is 2. The Morgan fingerprint density at radius 1 is 0.933 bits per heavy atom. The fraction of sp³-hybridized carbons (Fsp3) is 1.00. The van der Waals surface area contributed by atoms with E-state index in [0.29, 0.717) is 11.3 Å². The zero-order valence-corrected chi connectivity index (χ0v) is 11.1. The fourth-order valence-electron chi connectivity index (χ4n) is 2.48. The number of hydrogen-bond donors (Lipinski definition) is 0. The van der Waals surface area contributed by atoms with Crippen LogP contribution in [0.15, 0.2) is 0 Å². The van der Waals surface area contributed by atoms with Gasteiger partial charge in [0.05, 0.1) is 13.2 Å². The minimum Gasteiger partial charge on any atom is -0.384 e. The van der Waals surface area contributed by atoms with Crippen LogP contribution in [-0.4, -0.2) is 26.9 Å². The Hall–Kier alpha value is -0.0800. The van der Waals surface area contributed by atoms with E-state index in [1.807, 2.05) is 0 Å². The zero-order valence-electron chi connectivity index (χ0n) is 11.1. The second-order valence-electron chi connectivity index (χ2n) is 4.23. The molecular formula is C13H28O2. The third kappa shape index (κ3) is 4.12. The fourth-order valence-corrected chi connectivity index (χ4v) is 2.48. The summed E-state index contributed by atoms with van der Waals surface area (Å²) in [6, 6.07) is 0. The van der Waals surface area contributed by atoms with Gasteiger partial charge in [-0.05, 0) is 12.3 Å². The topological polar surface area (TPSA) is 18.5 Å². The van der Waals surface area contributed by atoms with Crippen molar-refractivity contribution in [2.75, 3.05) is 26.9 Å². The van der Waals surface area contributed by atoms with E-state index < -0.39 is 0 Å². The molecule has 0 fully saturated rings. The molecule has 0 heterocycles. The summed E-state index contributed by atoms with van der Waals surface area (Å²) in [6.45, 7) is 11.3. The molecule has 0 rings (SSSR count). The first kappa shape index (κ1) is 14.9. The van der Waals surface area contributed by atoms with Gasteiger partial charge in [0.15, 0.2) is 0 Å². The van der Waals surface area contributed by atoms with E-state index in [4.69, 9.17) is 9.47 Å². The number of rotatable bonds is 9.